The maximum Gasteiger partial charge on any atom is 0.209 e. The van der Waals surface area contributed by atoms with Crippen molar-refractivity contribution >= 4 is 15.7 Å². The Morgan fingerprint density at radius 3 is 2.21 bits per heavy atom. The molecule has 0 bridgehead atoms. The summed E-state index contributed by atoms with van der Waals surface area (Å²) in [5.74, 6) is 0. The molecule has 0 aliphatic heterocycles. The predicted molar refractivity (Wildman–Crippen MR) is 57.7 cm³/mol. The summed E-state index contributed by atoms with van der Waals surface area (Å²) in [6.07, 6.45) is 1.15. The largest absolute Gasteiger partial charge is 0.388 e. The Hall–Kier alpha value is -1.07. The Balaban J connectivity index is 2.61. The highest BCUT2D eigenvalue weighted by molar-refractivity contribution is 7.88. The first kappa shape index (κ1) is 11.0. The molecule has 0 unspecified atom stereocenters. The molecule has 2 N–H and O–H groups in total. The molecule has 78 valence electrons. The van der Waals surface area contributed by atoms with Crippen molar-refractivity contribution in [2.24, 2.45) is 0 Å². The van der Waals surface area contributed by atoms with E-state index in [1.807, 2.05) is 31.3 Å². The minimum atomic E-state index is -3.10. The lowest BCUT2D eigenvalue weighted by atomic mass is 10.2. The monoisotopic (exact) mass is 214 g/mol. The molecule has 0 heterocycles. The van der Waals surface area contributed by atoms with Crippen molar-refractivity contribution in [3.63, 3.8) is 0 Å². The minimum Gasteiger partial charge on any atom is -0.388 e. The second kappa shape index (κ2) is 4.43. The van der Waals surface area contributed by atoms with Crippen LogP contribution in [0.5, 0.6) is 0 Å². The van der Waals surface area contributed by atoms with Crippen molar-refractivity contribution in [2.45, 2.75) is 6.54 Å². The predicted octanol–water partition coefficient (Wildman–Crippen LogP) is 0.777. The van der Waals surface area contributed by atoms with Gasteiger partial charge in [0.15, 0.2) is 0 Å². The molecule has 14 heavy (non-hydrogen) atoms. The van der Waals surface area contributed by atoms with Crippen LogP contribution in [-0.4, -0.2) is 21.7 Å². The van der Waals surface area contributed by atoms with Gasteiger partial charge < -0.3 is 5.32 Å². The van der Waals surface area contributed by atoms with Crippen molar-refractivity contribution < 1.29 is 8.42 Å². The van der Waals surface area contributed by atoms with Gasteiger partial charge >= 0.3 is 0 Å². The van der Waals surface area contributed by atoms with Gasteiger partial charge in [-0.1, -0.05) is 12.1 Å². The van der Waals surface area contributed by atoms with Crippen molar-refractivity contribution in [3.8, 4) is 0 Å². The van der Waals surface area contributed by atoms with Crippen LogP contribution in [0, 0.1) is 0 Å². The van der Waals surface area contributed by atoms with Gasteiger partial charge in [0, 0.05) is 19.3 Å². The topological polar surface area (TPSA) is 58.2 Å². The van der Waals surface area contributed by atoms with Gasteiger partial charge in [0.05, 0.1) is 6.26 Å². The summed E-state index contributed by atoms with van der Waals surface area (Å²) >= 11 is 0. The molecule has 0 saturated heterocycles. The number of rotatable bonds is 4. The van der Waals surface area contributed by atoms with E-state index in [-0.39, 0.29) is 0 Å². The zero-order chi connectivity index (χ0) is 10.6. The molecule has 5 heteroatoms. The highest BCUT2D eigenvalue weighted by Gasteiger charge is 2.00. The van der Waals surface area contributed by atoms with Crippen LogP contribution in [0.4, 0.5) is 5.69 Å². The van der Waals surface area contributed by atoms with Crippen LogP contribution in [0.15, 0.2) is 24.3 Å². The fourth-order valence-electron chi connectivity index (χ4n) is 1.00. The average Bonchev–Trinajstić information content (AvgIpc) is 2.14. The maximum absolute atomic E-state index is 10.8. The zero-order valence-electron chi connectivity index (χ0n) is 8.24. The van der Waals surface area contributed by atoms with Gasteiger partial charge in [-0.05, 0) is 17.7 Å². The van der Waals surface area contributed by atoms with E-state index in [0.717, 1.165) is 17.5 Å². The number of hydrogen-bond donors (Lipinski definition) is 2. The first-order chi connectivity index (χ1) is 6.51. The van der Waals surface area contributed by atoms with Gasteiger partial charge in [0.1, 0.15) is 0 Å². The lowest BCUT2D eigenvalue weighted by Gasteiger charge is -2.04. The van der Waals surface area contributed by atoms with Crippen molar-refractivity contribution in [1.29, 1.82) is 0 Å². The third-order valence-corrected chi connectivity index (χ3v) is 2.45. The summed E-state index contributed by atoms with van der Waals surface area (Å²) in [5.41, 5.74) is 1.95. The summed E-state index contributed by atoms with van der Waals surface area (Å²) < 4.78 is 24.0. The van der Waals surface area contributed by atoms with Crippen LogP contribution in [0.2, 0.25) is 0 Å². The second-order valence-corrected chi connectivity index (χ2v) is 4.87. The Bertz CT molecular complexity index is 384. The van der Waals surface area contributed by atoms with Gasteiger partial charge in [-0.25, -0.2) is 13.1 Å². The average molecular weight is 214 g/mol. The van der Waals surface area contributed by atoms with E-state index in [0.29, 0.717) is 6.54 Å². The smallest absolute Gasteiger partial charge is 0.209 e. The summed E-state index contributed by atoms with van der Waals surface area (Å²) in [7, 11) is -1.27. The number of nitrogens with one attached hydrogen (secondary N) is 2. The number of benzene rings is 1. The minimum absolute atomic E-state index is 0.336. The molecule has 0 saturated carbocycles. The third kappa shape index (κ3) is 3.76. The normalized spacial score (nSPS) is 11.3. The van der Waals surface area contributed by atoms with Crippen LogP contribution in [0.1, 0.15) is 5.56 Å². The molecule has 0 atom stereocenters. The van der Waals surface area contributed by atoms with Gasteiger partial charge in [0.2, 0.25) is 10.0 Å². The fourth-order valence-corrected chi connectivity index (χ4v) is 1.43. The lowest BCUT2D eigenvalue weighted by molar-refractivity contribution is 0.587. The van der Waals surface area contributed by atoms with Gasteiger partial charge in [-0.2, -0.15) is 0 Å². The Labute approximate surface area is 84.4 Å². The molecule has 1 aromatic carbocycles. The molecule has 1 aromatic rings. The van der Waals surface area contributed by atoms with Crippen LogP contribution in [-0.2, 0) is 16.6 Å². The second-order valence-electron chi connectivity index (χ2n) is 3.04. The number of sulfonamides is 1. The van der Waals surface area contributed by atoms with Gasteiger partial charge in [-0.3, -0.25) is 0 Å². The van der Waals surface area contributed by atoms with Gasteiger partial charge in [-0.15, -0.1) is 0 Å². The Morgan fingerprint density at radius 2 is 1.79 bits per heavy atom. The van der Waals surface area contributed by atoms with Crippen LogP contribution < -0.4 is 10.0 Å². The van der Waals surface area contributed by atoms with E-state index in [4.69, 9.17) is 0 Å². The molecule has 0 aliphatic carbocycles. The first-order valence-corrected chi connectivity index (χ1v) is 6.12. The van der Waals surface area contributed by atoms with Crippen LogP contribution in [0.25, 0.3) is 0 Å². The van der Waals surface area contributed by atoms with Crippen LogP contribution in [0.3, 0.4) is 0 Å². The third-order valence-electron chi connectivity index (χ3n) is 1.78. The van der Waals surface area contributed by atoms with Crippen molar-refractivity contribution in [1.82, 2.24) is 4.72 Å². The fraction of sp³-hybridized carbons (Fsp3) is 0.333. The zero-order valence-corrected chi connectivity index (χ0v) is 9.06. The Kier molecular flexibility index (Phi) is 3.49. The van der Waals surface area contributed by atoms with Crippen LogP contribution >= 0.6 is 0 Å². The maximum atomic E-state index is 10.8. The molecular formula is C9H14N2O2S. The van der Waals surface area contributed by atoms with E-state index in [1.165, 1.54) is 0 Å². The lowest BCUT2D eigenvalue weighted by Crippen LogP contribution is -2.21. The molecule has 1 rings (SSSR count). The molecule has 0 radical (unpaired) electrons. The molecule has 0 fully saturated rings. The SMILES string of the molecule is CNc1ccc(CNS(C)(=O)=O)cc1. The summed E-state index contributed by atoms with van der Waals surface area (Å²) in [4.78, 5) is 0. The summed E-state index contributed by atoms with van der Waals surface area (Å²) in [5, 5.41) is 2.99. The van der Waals surface area contributed by atoms with E-state index >= 15 is 0 Å². The quantitative estimate of drug-likeness (QED) is 0.778. The molecular weight excluding hydrogens is 200 g/mol. The van der Waals surface area contributed by atoms with E-state index < -0.39 is 10.0 Å². The highest BCUT2D eigenvalue weighted by atomic mass is 32.2. The summed E-state index contributed by atoms with van der Waals surface area (Å²) in [6, 6.07) is 7.56. The van der Waals surface area contributed by atoms with Gasteiger partial charge in [0.25, 0.3) is 0 Å². The Morgan fingerprint density at radius 1 is 1.21 bits per heavy atom. The standard InChI is InChI=1S/C9H14N2O2S/c1-10-9-5-3-8(4-6-9)7-11-14(2,12)13/h3-6,10-11H,7H2,1-2H3. The van der Waals surface area contributed by atoms with E-state index in [9.17, 15) is 8.42 Å². The summed E-state index contributed by atoms with van der Waals surface area (Å²) in [6.45, 7) is 0.336. The first-order valence-electron chi connectivity index (χ1n) is 4.22. The van der Waals surface area contributed by atoms with E-state index in [1.54, 1.807) is 0 Å². The molecule has 0 amide bonds. The number of anilines is 1. The highest BCUT2D eigenvalue weighted by Crippen LogP contribution is 2.08. The van der Waals surface area contributed by atoms with Crippen molar-refractivity contribution in [2.75, 3.05) is 18.6 Å². The molecule has 4 nitrogen and oxygen atoms in total. The molecule has 0 aliphatic rings. The molecule has 0 spiro atoms. The van der Waals surface area contributed by atoms with Crippen molar-refractivity contribution in [3.05, 3.63) is 29.8 Å². The molecule has 0 aromatic heterocycles. The number of hydrogen-bond acceptors (Lipinski definition) is 3. The van der Waals surface area contributed by atoms with E-state index in [2.05, 4.69) is 10.0 Å².